The highest BCUT2D eigenvalue weighted by Crippen LogP contribution is 2.19. The Morgan fingerprint density at radius 3 is 2.06 bits per heavy atom. The van der Waals surface area contributed by atoms with Crippen molar-refractivity contribution in [2.24, 2.45) is 11.3 Å². The first-order valence-corrected chi connectivity index (χ1v) is 6.14. The van der Waals surface area contributed by atoms with Crippen molar-refractivity contribution in [2.45, 2.75) is 40.7 Å². The number of carbonyl (C=O) groups excluding carboxylic acids is 2. The summed E-state index contributed by atoms with van der Waals surface area (Å²) in [6.07, 6.45) is -0.624. The lowest BCUT2D eigenvalue weighted by Gasteiger charge is -2.31. The van der Waals surface area contributed by atoms with E-state index in [-0.39, 0.29) is 25.0 Å². The van der Waals surface area contributed by atoms with E-state index < -0.39 is 17.4 Å². The third kappa shape index (κ3) is 5.49. The maximum Gasteiger partial charge on any atom is 0.310 e. The van der Waals surface area contributed by atoms with E-state index in [0.29, 0.717) is 0 Å². The fourth-order valence-electron chi connectivity index (χ4n) is 1.64. The number of methoxy groups -OCH3 is 1. The van der Waals surface area contributed by atoms with Crippen molar-refractivity contribution in [3.05, 3.63) is 0 Å². The second kappa shape index (κ2) is 6.73. The number of hydrogen-bond acceptors (Lipinski definition) is 4. The molecule has 0 aromatic rings. The Labute approximate surface area is 109 Å². The lowest BCUT2D eigenvalue weighted by Crippen LogP contribution is -2.46. The van der Waals surface area contributed by atoms with Gasteiger partial charge in [-0.25, -0.2) is 0 Å². The third-order valence-electron chi connectivity index (χ3n) is 2.51. The minimum Gasteiger partial charge on any atom is -0.469 e. The molecule has 2 unspecified atom stereocenters. The predicted molar refractivity (Wildman–Crippen MR) is 68.9 cm³/mol. The molecule has 0 fully saturated rings. The number of nitrogens with zero attached hydrogens (tertiary/aromatic N) is 1. The van der Waals surface area contributed by atoms with Gasteiger partial charge in [-0.1, -0.05) is 27.7 Å². The standard InChI is InChI=1S/C13H25NO4/c1-9(11(16)18-6)7-14(8-10(2)15)12(17)13(3,4)5/h9-10,15H,7-8H2,1-6H3. The van der Waals surface area contributed by atoms with E-state index in [4.69, 9.17) is 0 Å². The third-order valence-corrected chi connectivity index (χ3v) is 2.51. The van der Waals surface area contributed by atoms with Gasteiger partial charge in [0.1, 0.15) is 0 Å². The number of aliphatic hydroxyl groups is 1. The van der Waals surface area contributed by atoms with Crippen LogP contribution in [0, 0.1) is 11.3 Å². The van der Waals surface area contributed by atoms with Crippen LogP contribution in [0.15, 0.2) is 0 Å². The van der Waals surface area contributed by atoms with Gasteiger partial charge >= 0.3 is 5.97 Å². The quantitative estimate of drug-likeness (QED) is 0.749. The zero-order valence-electron chi connectivity index (χ0n) is 12.2. The molecule has 18 heavy (non-hydrogen) atoms. The van der Waals surface area contributed by atoms with Gasteiger partial charge in [0.25, 0.3) is 0 Å². The maximum absolute atomic E-state index is 12.2. The predicted octanol–water partition coefficient (Wildman–Crippen LogP) is 1.05. The molecule has 0 heterocycles. The summed E-state index contributed by atoms with van der Waals surface area (Å²) in [5.74, 6) is -0.841. The molecule has 1 N–H and O–H groups in total. The molecule has 0 radical (unpaired) electrons. The highest BCUT2D eigenvalue weighted by atomic mass is 16.5. The Hall–Kier alpha value is -1.10. The van der Waals surface area contributed by atoms with Crippen LogP contribution < -0.4 is 0 Å². The Kier molecular flexibility index (Phi) is 6.32. The largest absolute Gasteiger partial charge is 0.469 e. The zero-order valence-corrected chi connectivity index (χ0v) is 12.2. The van der Waals surface area contributed by atoms with Crippen molar-refractivity contribution in [1.82, 2.24) is 4.90 Å². The van der Waals surface area contributed by atoms with E-state index in [9.17, 15) is 14.7 Å². The van der Waals surface area contributed by atoms with Crippen molar-refractivity contribution in [1.29, 1.82) is 0 Å². The van der Waals surface area contributed by atoms with Crippen LogP contribution in [0.25, 0.3) is 0 Å². The number of rotatable bonds is 5. The SMILES string of the molecule is COC(=O)C(C)CN(CC(C)O)C(=O)C(C)(C)C. The van der Waals surface area contributed by atoms with Crippen LogP contribution >= 0.6 is 0 Å². The molecule has 0 aliphatic heterocycles. The summed E-state index contributed by atoms with van der Waals surface area (Å²) in [6.45, 7) is 9.24. The van der Waals surface area contributed by atoms with Gasteiger partial charge in [-0.15, -0.1) is 0 Å². The molecule has 0 saturated heterocycles. The van der Waals surface area contributed by atoms with E-state index in [1.54, 1.807) is 13.8 Å². The van der Waals surface area contributed by atoms with Crippen LogP contribution in [0.2, 0.25) is 0 Å². The Balaban J connectivity index is 4.80. The number of hydrogen-bond donors (Lipinski definition) is 1. The molecule has 5 heteroatoms. The van der Waals surface area contributed by atoms with Crippen molar-refractivity contribution < 1.29 is 19.4 Å². The van der Waals surface area contributed by atoms with Crippen LogP contribution in [-0.2, 0) is 14.3 Å². The van der Waals surface area contributed by atoms with Crippen LogP contribution in [0.5, 0.6) is 0 Å². The lowest BCUT2D eigenvalue weighted by atomic mass is 9.94. The summed E-state index contributed by atoms with van der Waals surface area (Å²) in [4.78, 5) is 25.1. The lowest BCUT2D eigenvalue weighted by molar-refractivity contribution is -0.148. The second-order valence-corrected chi connectivity index (χ2v) is 5.73. The summed E-state index contributed by atoms with van der Waals surface area (Å²) in [6, 6.07) is 0. The topological polar surface area (TPSA) is 66.8 Å². The van der Waals surface area contributed by atoms with Gasteiger partial charge in [0.2, 0.25) is 5.91 Å². The first kappa shape index (κ1) is 16.9. The van der Waals surface area contributed by atoms with Crippen LogP contribution in [0.4, 0.5) is 0 Å². The van der Waals surface area contributed by atoms with Gasteiger partial charge in [0, 0.05) is 18.5 Å². The fraction of sp³-hybridized carbons (Fsp3) is 0.846. The van der Waals surface area contributed by atoms with Crippen molar-refractivity contribution in [3.8, 4) is 0 Å². The van der Waals surface area contributed by atoms with Crippen LogP contribution in [-0.4, -0.2) is 48.2 Å². The zero-order chi connectivity index (χ0) is 14.5. The molecule has 0 aliphatic carbocycles. The molecule has 0 aromatic carbocycles. The second-order valence-electron chi connectivity index (χ2n) is 5.73. The van der Waals surface area contributed by atoms with E-state index in [2.05, 4.69) is 4.74 Å². The Morgan fingerprint density at radius 2 is 1.72 bits per heavy atom. The van der Waals surface area contributed by atoms with Gasteiger partial charge in [-0.2, -0.15) is 0 Å². The van der Waals surface area contributed by atoms with Crippen molar-refractivity contribution >= 4 is 11.9 Å². The van der Waals surface area contributed by atoms with Crippen LogP contribution in [0.3, 0.4) is 0 Å². The normalized spacial score (nSPS) is 14.8. The van der Waals surface area contributed by atoms with E-state index >= 15 is 0 Å². The highest BCUT2D eigenvalue weighted by molar-refractivity contribution is 5.82. The van der Waals surface area contributed by atoms with E-state index in [1.165, 1.54) is 12.0 Å². The van der Waals surface area contributed by atoms with Crippen molar-refractivity contribution in [3.63, 3.8) is 0 Å². The molecule has 0 spiro atoms. The van der Waals surface area contributed by atoms with E-state index in [0.717, 1.165) is 0 Å². The highest BCUT2D eigenvalue weighted by Gasteiger charge is 2.30. The number of amides is 1. The first-order valence-electron chi connectivity index (χ1n) is 6.14. The maximum atomic E-state index is 12.2. The Bertz CT molecular complexity index is 294. The minimum atomic E-state index is -0.624. The number of carbonyl (C=O) groups is 2. The molecule has 5 nitrogen and oxygen atoms in total. The van der Waals surface area contributed by atoms with Gasteiger partial charge in [0.15, 0.2) is 0 Å². The minimum absolute atomic E-state index is 0.0841. The average molecular weight is 259 g/mol. The van der Waals surface area contributed by atoms with Gasteiger partial charge in [-0.3, -0.25) is 9.59 Å². The molecule has 2 atom stereocenters. The average Bonchev–Trinajstić information content (AvgIpc) is 2.23. The number of aliphatic hydroxyl groups excluding tert-OH is 1. The molecule has 0 aromatic heterocycles. The summed E-state index contributed by atoms with van der Waals surface area (Å²) < 4.78 is 4.64. The number of ether oxygens (including phenoxy) is 1. The molecule has 0 aliphatic rings. The summed E-state index contributed by atoms with van der Waals surface area (Å²) in [5, 5.41) is 9.44. The summed E-state index contributed by atoms with van der Waals surface area (Å²) >= 11 is 0. The molecular weight excluding hydrogens is 234 g/mol. The van der Waals surface area contributed by atoms with Gasteiger partial charge in [-0.05, 0) is 6.92 Å². The summed E-state index contributed by atoms with van der Waals surface area (Å²) in [7, 11) is 1.32. The monoisotopic (exact) mass is 259 g/mol. The van der Waals surface area contributed by atoms with Gasteiger partial charge < -0.3 is 14.7 Å². The number of esters is 1. The summed E-state index contributed by atoms with van der Waals surface area (Å²) in [5.41, 5.74) is -0.537. The molecule has 1 amide bonds. The first-order chi connectivity index (χ1) is 8.09. The van der Waals surface area contributed by atoms with Crippen LogP contribution in [0.1, 0.15) is 34.6 Å². The molecular formula is C13H25NO4. The van der Waals surface area contributed by atoms with Crippen molar-refractivity contribution in [2.75, 3.05) is 20.2 Å². The smallest absolute Gasteiger partial charge is 0.310 e. The Morgan fingerprint density at radius 1 is 1.22 bits per heavy atom. The molecule has 0 rings (SSSR count). The van der Waals surface area contributed by atoms with Gasteiger partial charge in [0.05, 0.1) is 19.1 Å². The fourth-order valence-corrected chi connectivity index (χ4v) is 1.64. The van der Waals surface area contributed by atoms with E-state index in [1.807, 2.05) is 20.8 Å². The molecule has 106 valence electrons. The molecule has 0 bridgehead atoms. The molecule has 0 saturated carbocycles.